The Kier molecular flexibility index (Phi) is 20.3. The molecule has 356 valence electrons. The van der Waals surface area contributed by atoms with Gasteiger partial charge in [0.15, 0.2) is 0 Å². The van der Waals surface area contributed by atoms with Crippen LogP contribution < -0.4 is 18.9 Å². The Hall–Kier alpha value is -7.86. The Morgan fingerprint density at radius 2 is 0.696 bits per heavy atom. The molecule has 12 nitrogen and oxygen atoms in total. The molecule has 0 atom stereocenters. The first-order chi connectivity index (χ1) is 33.8. The number of hydrogen-bond acceptors (Lipinski definition) is 12. The lowest BCUT2D eigenvalue weighted by Gasteiger charge is -2.08. The van der Waals surface area contributed by atoms with Crippen LogP contribution in [-0.4, -0.2) is 62.7 Å². The number of ether oxygens (including phenoxy) is 6. The van der Waals surface area contributed by atoms with Crippen molar-refractivity contribution in [2.24, 2.45) is 9.98 Å². The minimum Gasteiger partial charge on any atom is -0.494 e. The number of unbranched alkanes of at least 4 members (excludes halogenated alkanes) is 6. The standard InChI is InChI=1S/C57H58N2O10/c1-3-5-7-9-36-64-50-32-20-46(21-33-50)56(62)68-52-28-12-42(13-29-52)40-58-48-24-16-44(17-25-48)54(60)66-38-11-39-67-55(61)45-18-26-49(27-19-45)59-41-43-14-30-53(31-15-43)69-57(63)47-22-34-51(35-23-47)65-37-10-8-6-4-2/h12-35,40-41H,3-11,36-39H2,1-2H3. The van der Waals surface area contributed by atoms with Gasteiger partial charge in [0, 0.05) is 18.9 Å². The molecule has 6 aromatic carbocycles. The number of hydrogen-bond donors (Lipinski definition) is 0. The third-order valence-corrected chi connectivity index (χ3v) is 10.6. The van der Waals surface area contributed by atoms with Crippen molar-refractivity contribution in [2.45, 2.75) is 71.6 Å². The predicted molar refractivity (Wildman–Crippen MR) is 268 cm³/mol. The van der Waals surface area contributed by atoms with Crippen LogP contribution in [0.5, 0.6) is 23.0 Å². The maximum atomic E-state index is 12.7. The van der Waals surface area contributed by atoms with E-state index in [1.807, 2.05) is 0 Å². The molecule has 0 bridgehead atoms. The van der Waals surface area contributed by atoms with E-state index >= 15 is 0 Å². The van der Waals surface area contributed by atoms with E-state index < -0.39 is 23.9 Å². The smallest absolute Gasteiger partial charge is 0.343 e. The zero-order valence-corrected chi connectivity index (χ0v) is 39.2. The Labute approximate surface area is 403 Å². The Balaban J connectivity index is 0.842. The van der Waals surface area contributed by atoms with Gasteiger partial charge in [0.25, 0.3) is 0 Å². The Morgan fingerprint density at radius 1 is 0.362 bits per heavy atom. The molecule has 6 aromatic rings. The summed E-state index contributed by atoms with van der Waals surface area (Å²) in [4.78, 5) is 59.5. The van der Waals surface area contributed by atoms with Gasteiger partial charge in [0.2, 0.25) is 0 Å². The lowest BCUT2D eigenvalue weighted by atomic mass is 10.2. The highest BCUT2D eigenvalue weighted by Gasteiger charge is 2.12. The molecule has 0 spiro atoms. The van der Waals surface area contributed by atoms with Crippen molar-refractivity contribution in [3.05, 3.63) is 179 Å². The molecule has 0 aromatic heterocycles. The highest BCUT2D eigenvalue weighted by atomic mass is 16.6. The van der Waals surface area contributed by atoms with Gasteiger partial charge < -0.3 is 28.4 Å². The van der Waals surface area contributed by atoms with Crippen molar-refractivity contribution in [2.75, 3.05) is 26.4 Å². The van der Waals surface area contributed by atoms with Crippen LogP contribution in [0.2, 0.25) is 0 Å². The van der Waals surface area contributed by atoms with E-state index in [1.54, 1.807) is 158 Å². The average molecular weight is 931 g/mol. The maximum Gasteiger partial charge on any atom is 0.343 e. The van der Waals surface area contributed by atoms with E-state index in [2.05, 4.69) is 23.8 Å². The molecule has 0 heterocycles. The normalized spacial score (nSPS) is 11.0. The quantitative estimate of drug-likeness (QED) is 0.0223. The van der Waals surface area contributed by atoms with E-state index in [-0.39, 0.29) is 13.2 Å². The molecule has 69 heavy (non-hydrogen) atoms. The van der Waals surface area contributed by atoms with E-state index in [1.165, 1.54) is 25.7 Å². The minimum absolute atomic E-state index is 0.0673. The number of rotatable bonds is 26. The molecule has 0 unspecified atom stereocenters. The van der Waals surface area contributed by atoms with Gasteiger partial charge in [-0.1, -0.05) is 52.4 Å². The number of aliphatic imine (C=N–C) groups is 2. The first-order valence-corrected chi connectivity index (χ1v) is 23.5. The topological polar surface area (TPSA) is 148 Å². The van der Waals surface area contributed by atoms with E-state index in [9.17, 15) is 19.2 Å². The summed E-state index contributed by atoms with van der Waals surface area (Å²) in [6, 6.07) is 41.1. The van der Waals surface area contributed by atoms with Crippen molar-refractivity contribution in [1.82, 2.24) is 0 Å². The summed E-state index contributed by atoms with van der Waals surface area (Å²) in [5.41, 5.74) is 4.42. The van der Waals surface area contributed by atoms with Crippen molar-refractivity contribution >= 4 is 47.7 Å². The van der Waals surface area contributed by atoms with Crippen molar-refractivity contribution in [3.63, 3.8) is 0 Å². The van der Waals surface area contributed by atoms with Gasteiger partial charge in [-0.05, 0) is 170 Å². The third kappa shape index (κ3) is 17.4. The molecule has 0 fully saturated rings. The van der Waals surface area contributed by atoms with Crippen LogP contribution in [0.4, 0.5) is 11.4 Å². The molecule has 0 N–H and O–H groups in total. The van der Waals surface area contributed by atoms with Crippen LogP contribution in [-0.2, 0) is 9.47 Å². The fourth-order valence-electron chi connectivity index (χ4n) is 6.61. The largest absolute Gasteiger partial charge is 0.494 e. The second-order valence-electron chi connectivity index (χ2n) is 16.0. The monoisotopic (exact) mass is 930 g/mol. The molecule has 6 rings (SSSR count). The molecule has 0 aliphatic carbocycles. The Bertz CT molecular complexity index is 2410. The van der Waals surface area contributed by atoms with Crippen LogP contribution in [0.15, 0.2) is 156 Å². The van der Waals surface area contributed by atoms with E-state index in [0.717, 1.165) is 48.3 Å². The third-order valence-electron chi connectivity index (χ3n) is 10.6. The molecule has 0 aliphatic heterocycles. The first-order valence-electron chi connectivity index (χ1n) is 23.5. The highest BCUT2D eigenvalue weighted by Crippen LogP contribution is 2.21. The molecule has 0 radical (unpaired) electrons. The molecule has 0 aliphatic rings. The number of esters is 4. The second-order valence-corrected chi connectivity index (χ2v) is 16.0. The predicted octanol–water partition coefficient (Wildman–Crippen LogP) is 12.9. The van der Waals surface area contributed by atoms with E-state index in [0.29, 0.717) is 64.8 Å². The van der Waals surface area contributed by atoms with Crippen LogP contribution in [0.25, 0.3) is 0 Å². The van der Waals surface area contributed by atoms with Crippen molar-refractivity contribution in [1.29, 1.82) is 0 Å². The summed E-state index contributed by atoms with van der Waals surface area (Å²) in [6.45, 7) is 5.78. The summed E-state index contributed by atoms with van der Waals surface area (Å²) in [5.74, 6) is 0.328. The van der Waals surface area contributed by atoms with Crippen LogP contribution in [0, 0.1) is 0 Å². The molecule has 12 heteroatoms. The molecular formula is C57H58N2O10. The lowest BCUT2D eigenvalue weighted by molar-refractivity contribution is 0.0395. The second kappa shape index (κ2) is 27.7. The van der Waals surface area contributed by atoms with Gasteiger partial charge in [-0.25, -0.2) is 19.2 Å². The zero-order valence-electron chi connectivity index (χ0n) is 39.2. The fourth-order valence-corrected chi connectivity index (χ4v) is 6.61. The first kappa shape index (κ1) is 50.6. The van der Waals surface area contributed by atoms with Crippen LogP contribution in [0.3, 0.4) is 0 Å². The number of benzene rings is 6. The summed E-state index contributed by atoms with van der Waals surface area (Å²) in [5, 5.41) is 0. The van der Waals surface area contributed by atoms with Crippen molar-refractivity contribution < 1.29 is 47.6 Å². The van der Waals surface area contributed by atoms with Gasteiger partial charge in [-0.3, -0.25) is 9.98 Å². The van der Waals surface area contributed by atoms with Crippen LogP contribution >= 0.6 is 0 Å². The van der Waals surface area contributed by atoms with Gasteiger partial charge in [-0.15, -0.1) is 0 Å². The SMILES string of the molecule is CCCCCCOc1ccc(C(=O)Oc2ccc(C=Nc3ccc(C(=O)OCCCOC(=O)c4ccc(N=Cc5ccc(OC(=O)c6ccc(OCCCCCC)cc6)cc5)cc4)cc3)cc2)cc1. The summed E-state index contributed by atoms with van der Waals surface area (Å²) in [7, 11) is 0. The molecule has 0 saturated heterocycles. The summed E-state index contributed by atoms with van der Waals surface area (Å²) >= 11 is 0. The number of carbonyl (C=O) groups excluding carboxylic acids is 4. The highest BCUT2D eigenvalue weighted by molar-refractivity contribution is 5.93. The van der Waals surface area contributed by atoms with Gasteiger partial charge >= 0.3 is 23.9 Å². The fraction of sp³-hybridized carbons (Fsp3) is 0.263. The van der Waals surface area contributed by atoms with Gasteiger partial charge in [0.1, 0.15) is 23.0 Å². The zero-order chi connectivity index (χ0) is 48.5. The average Bonchev–Trinajstić information content (AvgIpc) is 3.38. The lowest BCUT2D eigenvalue weighted by Crippen LogP contribution is -2.11. The molecule has 0 saturated carbocycles. The molecular weight excluding hydrogens is 873 g/mol. The summed E-state index contributed by atoms with van der Waals surface area (Å²) < 4.78 is 33.3. The summed E-state index contributed by atoms with van der Waals surface area (Å²) in [6.07, 6.45) is 12.7. The van der Waals surface area contributed by atoms with Crippen molar-refractivity contribution in [3.8, 4) is 23.0 Å². The van der Waals surface area contributed by atoms with Crippen LogP contribution in [0.1, 0.15) is 124 Å². The van der Waals surface area contributed by atoms with Gasteiger partial charge in [0.05, 0.1) is 60.1 Å². The number of carbonyl (C=O) groups is 4. The van der Waals surface area contributed by atoms with E-state index in [4.69, 9.17) is 28.4 Å². The molecule has 0 amide bonds. The van der Waals surface area contributed by atoms with Gasteiger partial charge in [-0.2, -0.15) is 0 Å². The minimum atomic E-state index is -0.504. The number of nitrogens with zero attached hydrogens (tertiary/aromatic N) is 2. The maximum absolute atomic E-state index is 12.7. The Morgan fingerprint density at radius 3 is 1.06 bits per heavy atom.